The SMILES string of the molecule is O=C(Nc1ccc(Cl)cc1C(=O)N1CCCC(O)C1)c1cccc2ccccc12.O=c1oc(-c2cccc3ccccc23)nc2ccc(Cl)cc12. The molecule has 1 aliphatic heterocycles. The third kappa shape index (κ3) is 7.35. The van der Waals surface area contributed by atoms with Crippen molar-refractivity contribution in [2.24, 2.45) is 0 Å². The summed E-state index contributed by atoms with van der Waals surface area (Å²) in [5.74, 6) is -0.229. The number of aliphatic hydroxyl groups is 1. The molecule has 1 unspecified atom stereocenters. The summed E-state index contributed by atoms with van der Waals surface area (Å²) in [6.45, 7) is 0.848. The molecule has 0 aliphatic carbocycles. The molecule has 1 fully saturated rings. The molecule has 51 heavy (non-hydrogen) atoms. The molecule has 2 heterocycles. The normalized spacial score (nSPS) is 14.3. The number of hydrogen-bond donors (Lipinski definition) is 2. The van der Waals surface area contributed by atoms with E-state index in [0.29, 0.717) is 56.6 Å². The van der Waals surface area contributed by atoms with Crippen molar-refractivity contribution in [2.45, 2.75) is 18.9 Å². The number of anilines is 1. The van der Waals surface area contributed by atoms with Gasteiger partial charge in [-0.2, -0.15) is 0 Å². The van der Waals surface area contributed by atoms with Crippen LogP contribution in [0.1, 0.15) is 33.6 Å². The molecule has 6 aromatic carbocycles. The van der Waals surface area contributed by atoms with Gasteiger partial charge in [0, 0.05) is 34.3 Å². The molecule has 2 N–H and O–H groups in total. The van der Waals surface area contributed by atoms with E-state index < -0.39 is 11.7 Å². The van der Waals surface area contributed by atoms with Gasteiger partial charge in [0.15, 0.2) is 0 Å². The van der Waals surface area contributed by atoms with E-state index in [4.69, 9.17) is 27.6 Å². The van der Waals surface area contributed by atoms with Gasteiger partial charge < -0.3 is 19.7 Å². The Labute approximate surface area is 302 Å². The number of fused-ring (bicyclic) bond motifs is 3. The van der Waals surface area contributed by atoms with Crippen molar-refractivity contribution in [3.05, 3.63) is 153 Å². The van der Waals surface area contributed by atoms with Crippen molar-refractivity contribution in [3.63, 3.8) is 0 Å². The van der Waals surface area contributed by atoms with Crippen LogP contribution in [0.4, 0.5) is 5.69 Å². The van der Waals surface area contributed by atoms with E-state index in [1.807, 2.05) is 78.9 Å². The first kappa shape index (κ1) is 33.9. The standard InChI is InChI=1S/C23H21ClN2O3.C18H10ClNO2/c24-16-10-11-21(20(13-16)23(29)26-12-4-7-17(27)14-26)25-22(28)19-9-3-6-15-5-1-2-8-18(15)19;19-12-8-9-16-15(10-12)18(21)22-17(20-16)14-7-3-5-11-4-1-2-6-13(11)14/h1-3,5-6,8-11,13,17,27H,4,7,12,14H2,(H,25,28);1-10H. The number of amides is 2. The molecule has 2 amide bonds. The smallest absolute Gasteiger partial charge is 0.347 e. The zero-order valence-electron chi connectivity index (χ0n) is 27.2. The number of rotatable bonds is 4. The zero-order chi connectivity index (χ0) is 35.5. The molecule has 7 aromatic rings. The lowest BCUT2D eigenvalue weighted by atomic mass is 10.0. The van der Waals surface area contributed by atoms with E-state index in [9.17, 15) is 19.5 Å². The van der Waals surface area contributed by atoms with Crippen LogP contribution in [0.2, 0.25) is 10.0 Å². The maximum atomic E-state index is 13.1. The number of piperidine rings is 1. The predicted octanol–water partition coefficient (Wildman–Crippen LogP) is 9.00. The van der Waals surface area contributed by atoms with E-state index in [-0.39, 0.29) is 18.4 Å². The van der Waals surface area contributed by atoms with E-state index in [1.54, 1.807) is 47.4 Å². The van der Waals surface area contributed by atoms with Crippen LogP contribution >= 0.6 is 23.2 Å². The summed E-state index contributed by atoms with van der Waals surface area (Å²) >= 11 is 12.0. The van der Waals surface area contributed by atoms with Crippen LogP contribution in [0.25, 0.3) is 43.9 Å². The van der Waals surface area contributed by atoms with Gasteiger partial charge in [-0.1, -0.05) is 96.0 Å². The lowest BCUT2D eigenvalue weighted by Gasteiger charge is -2.30. The first-order valence-electron chi connectivity index (χ1n) is 16.4. The number of carbonyl (C=O) groups excluding carboxylic acids is 2. The first-order valence-corrected chi connectivity index (χ1v) is 17.2. The van der Waals surface area contributed by atoms with Gasteiger partial charge >= 0.3 is 5.63 Å². The molecule has 1 aliphatic rings. The largest absolute Gasteiger partial charge is 0.403 e. The average Bonchev–Trinajstić information content (AvgIpc) is 3.15. The number of benzene rings is 6. The minimum absolute atomic E-state index is 0.250. The van der Waals surface area contributed by atoms with E-state index >= 15 is 0 Å². The number of carbonyl (C=O) groups is 2. The molecule has 254 valence electrons. The maximum absolute atomic E-state index is 13.1. The van der Waals surface area contributed by atoms with Crippen LogP contribution in [-0.2, 0) is 0 Å². The fourth-order valence-corrected chi connectivity index (χ4v) is 6.64. The van der Waals surface area contributed by atoms with Crippen molar-refractivity contribution < 1.29 is 19.1 Å². The highest BCUT2D eigenvalue weighted by Crippen LogP contribution is 2.29. The van der Waals surface area contributed by atoms with Gasteiger partial charge in [0.1, 0.15) is 0 Å². The van der Waals surface area contributed by atoms with Crippen molar-refractivity contribution in [3.8, 4) is 11.5 Å². The number of hydrogen-bond acceptors (Lipinski definition) is 6. The van der Waals surface area contributed by atoms with Crippen molar-refractivity contribution in [1.29, 1.82) is 0 Å². The summed E-state index contributed by atoms with van der Waals surface area (Å²) in [5.41, 5.74) is 2.19. The number of β-amino-alcohol motifs (C(OH)–C–C–N with tert-alkyl or cyclic N) is 1. The molecular formula is C41H31Cl2N3O5. The van der Waals surface area contributed by atoms with Crippen LogP contribution < -0.4 is 10.9 Å². The van der Waals surface area contributed by atoms with Crippen LogP contribution in [-0.4, -0.2) is 46.0 Å². The number of nitrogens with one attached hydrogen (secondary N) is 1. The number of nitrogens with zero attached hydrogens (tertiary/aromatic N) is 2. The molecule has 0 bridgehead atoms. The Hall–Kier alpha value is -5.54. The number of halogens is 2. The van der Waals surface area contributed by atoms with Gasteiger partial charge in [0.2, 0.25) is 5.89 Å². The first-order chi connectivity index (χ1) is 24.7. The molecule has 1 atom stereocenters. The van der Waals surface area contributed by atoms with Gasteiger partial charge in [0.25, 0.3) is 11.8 Å². The third-order valence-electron chi connectivity index (χ3n) is 8.79. The molecule has 1 aromatic heterocycles. The van der Waals surface area contributed by atoms with Crippen LogP contribution in [0.15, 0.2) is 131 Å². The van der Waals surface area contributed by atoms with Crippen LogP contribution in [0.3, 0.4) is 0 Å². The fraction of sp³-hybridized carbons (Fsp3) is 0.122. The van der Waals surface area contributed by atoms with Crippen molar-refractivity contribution in [1.82, 2.24) is 9.88 Å². The summed E-state index contributed by atoms with van der Waals surface area (Å²) in [5, 5.41) is 17.9. The van der Waals surface area contributed by atoms with Crippen LogP contribution in [0.5, 0.6) is 0 Å². The highest BCUT2D eigenvalue weighted by atomic mass is 35.5. The second kappa shape index (κ2) is 14.7. The van der Waals surface area contributed by atoms with E-state index in [2.05, 4.69) is 10.3 Å². The highest BCUT2D eigenvalue weighted by molar-refractivity contribution is 6.31. The van der Waals surface area contributed by atoms with Crippen molar-refractivity contribution in [2.75, 3.05) is 18.4 Å². The molecule has 0 saturated carbocycles. The lowest BCUT2D eigenvalue weighted by molar-refractivity contribution is 0.0474. The Balaban J connectivity index is 0.000000165. The molecule has 0 radical (unpaired) electrons. The lowest BCUT2D eigenvalue weighted by Crippen LogP contribution is -2.42. The molecule has 0 spiro atoms. The quantitative estimate of drug-likeness (QED) is 0.188. The summed E-state index contributed by atoms with van der Waals surface area (Å²) in [6.07, 6.45) is 0.899. The van der Waals surface area contributed by atoms with Crippen molar-refractivity contribution >= 4 is 73.2 Å². The fourth-order valence-electron chi connectivity index (χ4n) is 6.30. The Bertz CT molecular complexity index is 2490. The Kier molecular flexibility index (Phi) is 9.81. The number of aromatic nitrogens is 1. The summed E-state index contributed by atoms with van der Waals surface area (Å²) in [7, 11) is 0. The van der Waals surface area contributed by atoms with Gasteiger partial charge in [-0.25, -0.2) is 9.78 Å². The molecular weight excluding hydrogens is 685 g/mol. The molecule has 8 rings (SSSR count). The monoisotopic (exact) mass is 715 g/mol. The average molecular weight is 717 g/mol. The topological polar surface area (TPSA) is 113 Å². The highest BCUT2D eigenvalue weighted by Gasteiger charge is 2.26. The minimum atomic E-state index is -0.527. The number of likely N-dealkylation sites (tertiary alicyclic amines) is 1. The van der Waals surface area contributed by atoms with Gasteiger partial charge in [-0.15, -0.1) is 0 Å². The summed E-state index contributed by atoms with van der Waals surface area (Å²) in [4.78, 5) is 44.3. The predicted molar refractivity (Wildman–Crippen MR) is 203 cm³/mol. The molecule has 10 heteroatoms. The Morgan fingerprint density at radius 3 is 2.22 bits per heavy atom. The second-order valence-corrected chi connectivity index (χ2v) is 13.1. The molecule has 8 nitrogen and oxygen atoms in total. The molecule has 1 saturated heterocycles. The number of aliphatic hydroxyl groups excluding tert-OH is 1. The van der Waals surface area contributed by atoms with E-state index in [0.717, 1.165) is 33.5 Å². The zero-order valence-corrected chi connectivity index (χ0v) is 28.7. The summed E-state index contributed by atoms with van der Waals surface area (Å²) < 4.78 is 5.41. The Morgan fingerprint density at radius 2 is 1.43 bits per heavy atom. The van der Waals surface area contributed by atoms with Gasteiger partial charge in [0.05, 0.1) is 28.3 Å². The second-order valence-electron chi connectivity index (χ2n) is 12.2. The third-order valence-corrected chi connectivity index (χ3v) is 9.26. The minimum Gasteiger partial charge on any atom is -0.403 e. The summed E-state index contributed by atoms with van der Waals surface area (Å²) in [6, 6.07) is 36.8. The maximum Gasteiger partial charge on any atom is 0.347 e. The van der Waals surface area contributed by atoms with Crippen LogP contribution in [0, 0.1) is 0 Å². The van der Waals surface area contributed by atoms with Gasteiger partial charge in [-0.3, -0.25) is 9.59 Å². The van der Waals surface area contributed by atoms with E-state index in [1.165, 1.54) is 0 Å². The Morgan fingerprint density at radius 1 is 0.765 bits per heavy atom. The van der Waals surface area contributed by atoms with Gasteiger partial charge in [-0.05, 0) is 82.9 Å².